The third-order valence-electron chi connectivity index (χ3n) is 7.95. The quantitative estimate of drug-likeness (QED) is 0.227. The van der Waals surface area contributed by atoms with E-state index in [4.69, 9.17) is 0 Å². The highest BCUT2D eigenvalue weighted by Gasteiger charge is 2.39. The maximum atomic E-state index is 2.49. The number of para-hydroxylation sites is 1. The van der Waals surface area contributed by atoms with Gasteiger partial charge in [-0.15, -0.1) is 11.3 Å². The van der Waals surface area contributed by atoms with Crippen molar-refractivity contribution in [1.29, 1.82) is 0 Å². The zero-order valence-electron chi connectivity index (χ0n) is 19.7. The van der Waals surface area contributed by atoms with E-state index in [1.54, 1.807) is 0 Å². The van der Waals surface area contributed by atoms with Crippen LogP contribution in [0.1, 0.15) is 25.0 Å². The molecular weight excluding hydrogens is 442 g/mol. The fraction of sp³-hybridized carbons (Fsp3) is 0.0909. The van der Waals surface area contributed by atoms with Gasteiger partial charge in [0.1, 0.15) is 0 Å². The maximum absolute atomic E-state index is 2.49. The molecule has 0 bridgehead atoms. The standard InChI is InChI=1S/C33H23NS/c1-33(2)27-13-7-5-12-25(27)31-29(33)26-18-17-24-23-11-6-8-14-28(23)34(30(24)32(26)35-31)22-16-15-20-9-3-4-10-21(20)19-22/h3-19H,1-2H3. The molecule has 0 unspecified atom stereocenters. The first kappa shape index (κ1) is 19.4. The van der Waals surface area contributed by atoms with Gasteiger partial charge in [0.05, 0.1) is 15.7 Å². The van der Waals surface area contributed by atoms with Crippen molar-refractivity contribution in [2.24, 2.45) is 0 Å². The lowest BCUT2D eigenvalue weighted by Crippen LogP contribution is -2.14. The van der Waals surface area contributed by atoms with Crippen LogP contribution < -0.4 is 0 Å². The summed E-state index contributed by atoms with van der Waals surface area (Å²) in [4.78, 5) is 1.43. The van der Waals surface area contributed by atoms with E-state index in [9.17, 15) is 0 Å². The van der Waals surface area contributed by atoms with Gasteiger partial charge in [0.2, 0.25) is 0 Å². The topological polar surface area (TPSA) is 4.93 Å². The summed E-state index contributed by atoms with van der Waals surface area (Å²) in [5.74, 6) is 0. The molecule has 5 aromatic carbocycles. The van der Waals surface area contributed by atoms with Crippen LogP contribution in [0.3, 0.4) is 0 Å². The van der Waals surface area contributed by atoms with Crippen molar-refractivity contribution >= 4 is 54.0 Å². The average molecular weight is 466 g/mol. The Hall–Kier alpha value is -3.88. The summed E-state index contributed by atoms with van der Waals surface area (Å²) in [6, 6.07) is 38.0. The highest BCUT2D eigenvalue weighted by molar-refractivity contribution is 7.23. The van der Waals surface area contributed by atoms with E-state index in [0.29, 0.717) is 0 Å². The van der Waals surface area contributed by atoms with Gasteiger partial charge < -0.3 is 4.57 Å². The van der Waals surface area contributed by atoms with Crippen LogP contribution in [-0.4, -0.2) is 4.57 Å². The Labute approximate surface area is 207 Å². The van der Waals surface area contributed by atoms with E-state index in [1.807, 2.05) is 11.3 Å². The third-order valence-corrected chi connectivity index (χ3v) is 9.20. The Bertz CT molecular complexity index is 1980. The Morgan fingerprint density at radius 1 is 0.657 bits per heavy atom. The van der Waals surface area contributed by atoms with Crippen molar-refractivity contribution in [2.75, 3.05) is 0 Å². The Balaban J connectivity index is 1.55. The van der Waals surface area contributed by atoms with Gasteiger partial charge >= 0.3 is 0 Å². The van der Waals surface area contributed by atoms with Gasteiger partial charge in [0, 0.05) is 26.8 Å². The van der Waals surface area contributed by atoms with E-state index in [0.717, 1.165) is 0 Å². The van der Waals surface area contributed by atoms with Crippen molar-refractivity contribution in [3.8, 4) is 16.1 Å². The van der Waals surface area contributed by atoms with Crippen molar-refractivity contribution < 1.29 is 0 Å². The summed E-state index contributed by atoms with van der Waals surface area (Å²) in [5.41, 5.74) is 8.13. The molecule has 0 saturated carbocycles. The zero-order chi connectivity index (χ0) is 23.3. The van der Waals surface area contributed by atoms with E-state index >= 15 is 0 Å². The lowest BCUT2D eigenvalue weighted by atomic mass is 9.81. The first-order valence-corrected chi connectivity index (χ1v) is 13.0. The van der Waals surface area contributed by atoms with Crippen LogP contribution in [0.4, 0.5) is 0 Å². The van der Waals surface area contributed by atoms with Crippen LogP contribution >= 0.6 is 11.3 Å². The van der Waals surface area contributed by atoms with Crippen LogP contribution in [0.5, 0.6) is 0 Å². The van der Waals surface area contributed by atoms with Gasteiger partial charge in [0.25, 0.3) is 0 Å². The molecule has 0 aliphatic heterocycles. The van der Waals surface area contributed by atoms with Gasteiger partial charge in [-0.2, -0.15) is 0 Å². The van der Waals surface area contributed by atoms with E-state index in [-0.39, 0.29) is 5.41 Å². The molecule has 1 aliphatic carbocycles. The molecule has 0 amide bonds. The summed E-state index contributed by atoms with van der Waals surface area (Å²) in [6.07, 6.45) is 0. The number of fused-ring (bicyclic) bond motifs is 10. The number of aromatic nitrogens is 1. The number of benzene rings is 5. The molecule has 166 valence electrons. The molecule has 0 fully saturated rings. The number of rotatable bonds is 1. The fourth-order valence-corrected chi connectivity index (χ4v) is 7.90. The van der Waals surface area contributed by atoms with Gasteiger partial charge in [-0.05, 0) is 51.0 Å². The highest BCUT2D eigenvalue weighted by atomic mass is 32.1. The van der Waals surface area contributed by atoms with Crippen LogP contribution in [0.2, 0.25) is 0 Å². The molecule has 0 atom stereocenters. The molecule has 0 saturated heterocycles. The monoisotopic (exact) mass is 465 g/mol. The minimum Gasteiger partial charge on any atom is -0.308 e. The summed E-state index contributed by atoms with van der Waals surface area (Å²) < 4.78 is 3.88. The second-order valence-electron chi connectivity index (χ2n) is 10.2. The molecule has 0 N–H and O–H groups in total. The molecular formula is C33H23NS. The number of hydrogen-bond donors (Lipinski definition) is 0. The third kappa shape index (κ3) is 2.42. The van der Waals surface area contributed by atoms with Crippen LogP contribution in [-0.2, 0) is 5.41 Å². The second kappa shape index (κ2) is 6.62. The molecule has 2 heterocycles. The second-order valence-corrected chi connectivity index (χ2v) is 11.2. The smallest absolute Gasteiger partial charge is 0.0719 e. The van der Waals surface area contributed by atoms with Gasteiger partial charge in [-0.25, -0.2) is 0 Å². The first-order valence-electron chi connectivity index (χ1n) is 12.2. The van der Waals surface area contributed by atoms with Crippen LogP contribution in [0.15, 0.2) is 103 Å². The number of thiophene rings is 1. The Morgan fingerprint density at radius 2 is 1.40 bits per heavy atom. The van der Waals surface area contributed by atoms with Gasteiger partial charge in [0.15, 0.2) is 0 Å². The van der Waals surface area contributed by atoms with Crippen molar-refractivity contribution in [2.45, 2.75) is 19.3 Å². The van der Waals surface area contributed by atoms with Gasteiger partial charge in [-0.1, -0.05) is 98.8 Å². The molecule has 0 radical (unpaired) electrons. The molecule has 35 heavy (non-hydrogen) atoms. The summed E-state index contributed by atoms with van der Waals surface area (Å²) in [5, 5.41) is 6.57. The van der Waals surface area contributed by atoms with Gasteiger partial charge in [-0.3, -0.25) is 0 Å². The molecule has 2 aromatic heterocycles. The number of nitrogens with zero attached hydrogens (tertiary/aromatic N) is 1. The zero-order valence-corrected chi connectivity index (χ0v) is 20.5. The normalized spacial score (nSPS) is 14.2. The average Bonchev–Trinajstić information content (AvgIpc) is 3.51. The summed E-state index contributed by atoms with van der Waals surface area (Å²) >= 11 is 1.97. The minimum absolute atomic E-state index is 0.00233. The molecule has 2 heteroatoms. The van der Waals surface area contributed by atoms with E-state index in [1.165, 1.54) is 69.9 Å². The first-order chi connectivity index (χ1) is 17.1. The van der Waals surface area contributed by atoms with Crippen molar-refractivity contribution in [3.05, 3.63) is 114 Å². The van der Waals surface area contributed by atoms with Crippen molar-refractivity contribution in [1.82, 2.24) is 4.57 Å². The highest BCUT2D eigenvalue weighted by Crippen LogP contribution is 2.56. The molecule has 0 spiro atoms. The lowest BCUT2D eigenvalue weighted by molar-refractivity contribution is 0.667. The molecule has 1 aliphatic rings. The summed E-state index contributed by atoms with van der Waals surface area (Å²) in [7, 11) is 0. The van der Waals surface area contributed by atoms with Crippen LogP contribution in [0.25, 0.3) is 58.8 Å². The Kier molecular flexibility index (Phi) is 3.67. The SMILES string of the molecule is CC1(C)c2ccccc2-c2sc3c(ccc4c5ccccc5n(-c5ccc6ccccc6c5)c43)c21. The van der Waals surface area contributed by atoms with Crippen molar-refractivity contribution in [3.63, 3.8) is 0 Å². The Morgan fingerprint density at radius 3 is 2.31 bits per heavy atom. The number of hydrogen-bond acceptors (Lipinski definition) is 1. The summed E-state index contributed by atoms with van der Waals surface area (Å²) in [6.45, 7) is 4.76. The largest absolute Gasteiger partial charge is 0.308 e. The van der Waals surface area contributed by atoms with E-state index < -0.39 is 0 Å². The predicted molar refractivity (Wildman–Crippen MR) is 151 cm³/mol. The maximum Gasteiger partial charge on any atom is 0.0719 e. The van der Waals surface area contributed by atoms with Crippen LogP contribution in [0, 0.1) is 0 Å². The lowest BCUT2D eigenvalue weighted by Gasteiger charge is -2.21. The minimum atomic E-state index is -0.00233. The molecule has 1 nitrogen and oxygen atoms in total. The predicted octanol–water partition coefficient (Wildman–Crippen LogP) is 9.46. The molecule has 8 rings (SSSR count). The fourth-order valence-electron chi connectivity index (χ4n) is 6.36. The van der Waals surface area contributed by atoms with E-state index in [2.05, 4.69) is 122 Å². The molecule has 7 aromatic rings.